The number of benzene rings is 4. The van der Waals surface area contributed by atoms with Crippen LogP contribution in [0.5, 0.6) is 23.0 Å². The minimum atomic E-state index is -5.02. The molecular formula is C25H18F6O4. The maximum Gasteiger partial charge on any atom is 0.416 e. The van der Waals surface area contributed by atoms with Crippen LogP contribution < -0.4 is 14.2 Å². The third kappa shape index (κ3) is 4.02. The summed E-state index contributed by atoms with van der Waals surface area (Å²) in [6.45, 7) is 0. The van der Waals surface area contributed by atoms with Crippen molar-refractivity contribution in [1.29, 1.82) is 0 Å². The number of fused-ring (bicyclic) bond motifs is 2. The summed E-state index contributed by atoms with van der Waals surface area (Å²) < 4.78 is 97.8. The van der Waals surface area contributed by atoms with Gasteiger partial charge in [-0.1, -0.05) is 12.1 Å². The smallest absolute Gasteiger partial charge is 0.416 e. The summed E-state index contributed by atoms with van der Waals surface area (Å²) >= 11 is 0. The molecule has 4 rings (SSSR count). The van der Waals surface area contributed by atoms with Crippen molar-refractivity contribution < 1.29 is 45.7 Å². The molecule has 10 heteroatoms. The summed E-state index contributed by atoms with van der Waals surface area (Å²) in [5.41, 5.74) is -3.27. The van der Waals surface area contributed by atoms with E-state index in [-0.39, 0.29) is 56.3 Å². The number of phenols is 1. The molecule has 0 aliphatic carbocycles. The first-order chi connectivity index (χ1) is 16.4. The molecule has 0 bridgehead atoms. The van der Waals surface area contributed by atoms with Gasteiger partial charge in [0.25, 0.3) is 0 Å². The molecule has 4 aromatic carbocycles. The molecule has 0 spiro atoms. The number of alkyl halides is 6. The highest BCUT2D eigenvalue weighted by molar-refractivity contribution is 6.19. The molecule has 4 nitrogen and oxygen atoms in total. The molecule has 0 aromatic heterocycles. The lowest BCUT2D eigenvalue weighted by Crippen LogP contribution is -2.11. The Morgan fingerprint density at radius 1 is 0.657 bits per heavy atom. The Kier molecular flexibility index (Phi) is 5.86. The van der Waals surface area contributed by atoms with Crippen LogP contribution in [0.3, 0.4) is 0 Å². The van der Waals surface area contributed by atoms with E-state index in [1.807, 2.05) is 0 Å². The lowest BCUT2D eigenvalue weighted by Gasteiger charge is -2.21. The normalized spacial score (nSPS) is 12.3. The van der Waals surface area contributed by atoms with Gasteiger partial charge in [-0.3, -0.25) is 0 Å². The molecule has 0 saturated carbocycles. The van der Waals surface area contributed by atoms with Crippen LogP contribution in [0.1, 0.15) is 11.1 Å². The molecule has 0 fully saturated rings. The summed E-state index contributed by atoms with van der Waals surface area (Å²) in [6.07, 6.45) is -10.0. The molecule has 0 heterocycles. The molecule has 0 aliphatic heterocycles. The van der Waals surface area contributed by atoms with Gasteiger partial charge in [0.15, 0.2) is 0 Å². The number of aromatic hydroxyl groups is 1. The quantitative estimate of drug-likeness (QED) is 0.236. The van der Waals surface area contributed by atoms with Crippen molar-refractivity contribution in [1.82, 2.24) is 0 Å². The van der Waals surface area contributed by atoms with E-state index in [2.05, 4.69) is 0 Å². The Balaban J connectivity index is 2.26. The van der Waals surface area contributed by atoms with Crippen LogP contribution in [-0.2, 0) is 12.4 Å². The van der Waals surface area contributed by atoms with Crippen molar-refractivity contribution >= 4 is 21.5 Å². The van der Waals surface area contributed by atoms with Gasteiger partial charge in [-0.15, -0.1) is 0 Å². The van der Waals surface area contributed by atoms with Gasteiger partial charge in [0.05, 0.1) is 43.2 Å². The van der Waals surface area contributed by atoms with E-state index < -0.39 is 23.5 Å². The average molecular weight is 496 g/mol. The first-order valence-corrected chi connectivity index (χ1v) is 10.1. The van der Waals surface area contributed by atoms with Crippen molar-refractivity contribution in [2.45, 2.75) is 12.4 Å². The van der Waals surface area contributed by atoms with E-state index in [0.717, 1.165) is 0 Å². The van der Waals surface area contributed by atoms with Crippen molar-refractivity contribution in [2.75, 3.05) is 21.3 Å². The predicted molar refractivity (Wildman–Crippen MR) is 118 cm³/mol. The van der Waals surface area contributed by atoms with Gasteiger partial charge in [-0.25, -0.2) is 0 Å². The van der Waals surface area contributed by atoms with Gasteiger partial charge >= 0.3 is 12.4 Å². The van der Waals surface area contributed by atoms with E-state index >= 15 is 0 Å². The minimum Gasteiger partial charge on any atom is -0.507 e. The average Bonchev–Trinajstić information content (AvgIpc) is 2.80. The third-order valence-corrected chi connectivity index (χ3v) is 5.66. The second-order valence-electron chi connectivity index (χ2n) is 7.63. The summed E-state index contributed by atoms with van der Waals surface area (Å²) in [6, 6.07) is 8.66. The first kappa shape index (κ1) is 24.3. The number of phenolic OH excluding ortho intramolecular Hbond substituents is 1. The van der Waals surface area contributed by atoms with E-state index in [0.29, 0.717) is 17.5 Å². The summed E-state index contributed by atoms with van der Waals surface area (Å²) in [7, 11) is 3.99. The van der Waals surface area contributed by atoms with Gasteiger partial charge in [0.2, 0.25) is 0 Å². The molecule has 35 heavy (non-hydrogen) atoms. The highest BCUT2D eigenvalue weighted by atomic mass is 19.4. The number of hydrogen-bond donors (Lipinski definition) is 1. The maximum absolute atomic E-state index is 13.5. The minimum absolute atomic E-state index is 0.00213. The monoisotopic (exact) mass is 496 g/mol. The zero-order valence-corrected chi connectivity index (χ0v) is 18.6. The number of halogens is 6. The second kappa shape index (κ2) is 8.44. The molecule has 184 valence electrons. The molecule has 0 radical (unpaired) electrons. The lowest BCUT2D eigenvalue weighted by atomic mass is 9.91. The standard InChI is InChI=1S/C25H18F6O4/c1-33-18-8-7-15(12-9-13(24(26,27)28)11-14(10-12)25(29,30)31)20-21(18)22(34-2)16-5-4-6-17(32)19(16)23(20)35-3/h4-11,32H,1-3H3. The Morgan fingerprint density at radius 2 is 1.26 bits per heavy atom. The zero-order valence-electron chi connectivity index (χ0n) is 18.6. The van der Waals surface area contributed by atoms with Gasteiger partial charge in [0, 0.05) is 10.8 Å². The maximum atomic E-state index is 13.5. The first-order valence-electron chi connectivity index (χ1n) is 10.1. The Hall–Kier alpha value is -3.82. The van der Waals surface area contributed by atoms with E-state index in [9.17, 15) is 31.4 Å². The van der Waals surface area contributed by atoms with Gasteiger partial charge < -0.3 is 19.3 Å². The molecule has 0 aliphatic rings. The van der Waals surface area contributed by atoms with Crippen LogP contribution in [0, 0.1) is 0 Å². The highest BCUT2D eigenvalue weighted by Crippen LogP contribution is 2.52. The lowest BCUT2D eigenvalue weighted by molar-refractivity contribution is -0.143. The third-order valence-electron chi connectivity index (χ3n) is 5.66. The highest BCUT2D eigenvalue weighted by Gasteiger charge is 2.37. The number of rotatable bonds is 4. The number of methoxy groups -OCH3 is 3. The summed E-state index contributed by atoms with van der Waals surface area (Å²) in [5.74, 6) is 0.266. The van der Waals surface area contributed by atoms with E-state index in [1.165, 1.54) is 39.5 Å². The van der Waals surface area contributed by atoms with Crippen LogP contribution >= 0.6 is 0 Å². The molecule has 1 N–H and O–H groups in total. The zero-order chi connectivity index (χ0) is 25.7. The van der Waals surface area contributed by atoms with Crippen molar-refractivity contribution in [2.24, 2.45) is 0 Å². The topological polar surface area (TPSA) is 47.9 Å². The summed E-state index contributed by atoms with van der Waals surface area (Å²) in [4.78, 5) is 0. The Bertz CT molecular complexity index is 1410. The molecule has 0 atom stereocenters. The van der Waals surface area contributed by atoms with E-state index in [4.69, 9.17) is 14.2 Å². The number of ether oxygens (including phenoxy) is 3. The van der Waals surface area contributed by atoms with Crippen molar-refractivity contribution in [3.63, 3.8) is 0 Å². The Morgan fingerprint density at radius 3 is 1.77 bits per heavy atom. The van der Waals surface area contributed by atoms with Crippen LogP contribution in [0.25, 0.3) is 32.7 Å². The second-order valence-corrected chi connectivity index (χ2v) is 7.63. The van der Waals surface area contributed by atoms with E-state index in [1.54, 1.807) is 12.1 Å². The van der Waals surface area contributed by atoms with Crippen LogP contribution in [0.15, 0.2) is 48.5 Å². The van der Waals surface area contributed by atoms with Crippen LogP contribution in [-0.4, -0.2) is 26.4 Å². The molecular weight excluding hydrogens is 478 g/mol. The molecule has 0 saturated heterocycles. The van der Waals surface area contributed by atoms with Gasteiger partial charge in [-0.2, -0.15) is 26.3 Å². The van der Waals surface area contributed by atoms with Gasteiger partial charge in [0.1, 0.15) is 23.0 Å². The van der Waals surface area contributed by atoms with Crippen LogP contribution in [0.4, 0.5) is 26.3 Å². The fourth-order valence-corrected chi connectivity index (χ4v) is 4.21. The van der Waals surface area contributed by atoms with Crippen molar-refractivity contribution in [3.8, 4) is 34.1 Å². The SMILES string of the molecule is COc1ccc(-c2cc(C(F)(F)F)cc(C(F)(F)F)c2)c2c(OC)c3c(O)cccc3c(OC)c12. The largest absolute Gasteiger partial charge is 0.507 e. The molecule has 0 amide bonds. The molecule has 4 aromatic rings. The summed E-state index contributed by atoms with van der Waals surface area (Å²) in [5, 5.41) is 11.5. The van der Waals surface area contributed by atoms with Crippen molar-refractivity contribution in [3.05, 3.63) is 59.7 Å². The fraction of sp³-hybridized carbons (Fsp3) is 0.200. The molecule has 0 unspecified atom stereocenters. The fourth-order valence-electron chi connectivity index (χ4n) is 4.21. The number of hydrogen-bond acceptors (Lipinski definition) is 4. The Labute approximate surface area is 195 Å². The predicted octanol–water partition coefficient (Wildman–Crippen LogP) is 7.43. The van der Waals surface area contributed by atoms with Gasteiger partial charge in [-0.05, 0) is 47.5 Å². The van der Waals surface area contributed by atoms with Crippen LogP contribution in [0.2, 0.25) is 0 Å².